The van der Waals surface area contributed by atoms with Crippen molar-refractivity contribution in [3.05, 3.63) is 41.5 Å². The zero-order chi connectivity index (χ0) is 14.7. The van der Waals surface area contributed by atoms with E-state index in [0.717, 1.165) is 36.2 Å². The molecule has 1 N–H and O–H groups in total. The van der Waals surface area contributed by atoms with Crippen LogP contribution in [-0.4, -0.2) is 22.4 Å². The molecule has 4 nitrogen and oxygen atoms in total. The van der Waals surface area contributed by atoms with E-state index in [2.05, 4.69) is 53.6 Å². The zero-order valence-electron chi connectivity index (χ0n) is 12.5. The molecule has 3 rings (SSSR count). The highest BCUT2D eigenvalue weighted by Gasteiger charge is 2.24. The summed E-state index contributed by atoms with van der Waals surface area (Å²) in [7, 11) is 0. The molecule has 5 heteroatoms. The lowest BCUT2D eigenvalue weighted by molar-refractivity contribution is 0.351. The third kappa shape index (κ3) is 3.59. The van der Waals surface area contributed by atoms with E-state index < -0.39 is 0 Å². The fourth-order valence-corrected chi connectivity index (χ4v) is 3.38. The van der Waals surface area contributed by atoms with Crippen LogP contribution in [0.25, 0.3) is 0 Å². The lowest BCUT2D eigenvalue weighted by Crippen LogP contribution is -2.21. The first-order chi connectivity index (χ1) is 10.2. The number of hydrogen-bond donors (Lipinski definition) is 1. The lowest BCUT2D eigenvalue weighted by atomic mass is 9.94. The van der Waals surface area contributed by atoms with Gasteiger partial charge in [0, 0.05) is 12.2 Å². The number of thioether (sulfide) groups is 1. The van der Waals surface area contributed by atoms with Crippen LogP contribution in [0.15, 0.2) is 28.8 Å². The van der Waals surface area contributed by atoms with Crippen molar-refractivity contribution in [1.82, 2.24) is 10.1 Å². The van der Waals surface area contributed by atoms with Gasteiger partial charge in [0.25, 0.3) is 0 Å². The van der Waals surface area contributed by atoms with Crippen molar-refractivity contribution in [2.24, 2.45) is 5.92 Å². The number of nitrogens with zero attached hydrogens (tertiary/aromatic N) is 2. The molecule has 112 valence electrons. The molecule has 2 heterocycles. The van der Waals surface area contributed by atoms with Gasteiger partial charge in [-0.1, -0.05) is 37.2 Å². The third-order valence-corrected chi connectivity index (χ3v) is 4.90. The van der Waals surface area contributed by atoms with E-state index in [-0.39, 0.29) is 5.92 Å². The Hall–Kier alpha value is -1.49. The van der Waals surface area contributed by atoms with Crippen LogP contribution in [0.3, 0.4) is 0 Å². The fourth-order valence-electron chi connectivity index (χ4n) is 2.49. The first-order valence-electron chi connectivity index (χ1n) is 7.44. The molecule has 1 aliphatic heterocycles. The van der Waals surface area contributed by atoms with Gasteiger partial charge in [0.2, 0.25) is 5.89 Å². The van der Waals surface area contributed by atoms with Gasteiger partial charge < -0.3 is 9.84 Å². The first kappa shape index (κ1) is 14.4. The fraction of sp³-hybridized carbons (Fsp3) is 0.500. The molecule has 1 aromatic heterocycles. The molecule has 0 amide bonds. The highest BCUT2D eigenvalue weighted by atomic mass is 32.2. The summed E-state index contributed by atoms with van der Waals surface area (Å²) >= 11 is 1.86. The Labute approximate surface area is 129 Å². The van der Waals surface area contributed by atoms with Crippen LogP contribution in [0.2, 0.25) is 0 Å². The number of anilines is 1. The number of fused-ring (bicyclic) bond motifs is 1. The van der Waals surface area contributed by atoms with Crippen LogP contribution in [-0.2, 0) is 12.2 Å². The van der Waals surface area contributed by atoms with Crippen LogP contribution >= 0.6 is 11.8 Å². The molecule has 0 saturated heterocycles. The summed E-state index contributed by atoms with van der Waals surface area (Å²) in [4.78, 5) is 4.57. The van der Waals surface area contributed by atoms with Gasteiger partial charge in [0.15, 0.2) is 5.82 Å². The van der Waals surface area contributed by atoms with E-state index in [1.165, 1.54) is 11.3 Å². The van der Waals surface area contributed by atoms with Crippen LogP contribution < -0.4 is 5.32 Å². The largest absolute Gasteiger partial charge is 0.384 e. The zero-order valence-corrected chi connectivity index (χ0v) is 13.3. The lowest BCUT2D eigenvalue weighted by Gasteiger charge is -2.23. The third-order valence-electron chi connectivity index (χ3n) is 3.54. The molecule has 1 unspecified atom stereocenters. The highest BCUT2D eigenvalue weighted by molar-refractivity contribution is 7.98. The number of nitrogens with one attached hydrogen (secondary N) is 1. The summed E-state index contributed by atoms with van der Waals surface area (Å²) in [5, 5.41) is 7.56. The Balaban J connectivity index is 1.62. The van der Waals surface area contributed by atoms with E-state index in [1.54, 1.807) is 0 Å². The maximum Gasteiger partial charge on any atom is 0.231 e. The molecule has 1 atom stereocenters. The Morgan fingerprint density at radius 3 is 3.10 bits per heavy atom. The molecule has 0 radical (unpaired) electrons. The molecule has 0 saturated carbocycles. The second kappa shape index (κ2) is 6.52. The molecule has 0 spiro atoms. The van der Waals surface area contributed by atoms with Crippen molar-refractivity contribution in [2.45, 2.75) is 31.9 Å². The minimum Gasteiger partial charge on any atom is -0.384 e. The Bertz CT molecular complexity index is 597. The van der Waals surface area contributed by atoms with E-state index in [4.69, 9.17) is 4.52 Å². The average molecular weight is 303 g/mol. The number of hydrogen-bond acceptors (Lipinski definition) is 5. The van der Waals surface area contributed by atoms with Crippen molar-refractivity contribution in [1.29, 1.82) is 0 Å². The molecule has 2 aromatic rings. The van der Waals surface area contributed by atoms with Gasteiger partial charge in [-0.15, -0.1) is 0 Å². The van der Waals surface area contributed by atoms with E-state index in [0.29, 0.717) is 5.92 Å². The van der Waals surface area contributed by atoms with Gasteiger partial charge in [-0.2, -0.15) is 16.7 Å². The van der Waals surface area contributed by atoms with E-state index >= 15 is 0 Å². The van der Waals surface area contributed by atoms with Crippen molar-refractivity contribution in [3.63, 3.8) is 0 Å². The molecule has 1 aliphatic rings. The monoisotopic (exact) mass is 303 g/mol. The molecule has 1 aromatic carbocycles. The second-order valence-electron chi connectivity index (χ2n) is 5.90. The van der Waals surface area contributed by atoms with Gasteiger partial charge in [-0.3, -0.25) is 0 Å². The predicted molar refractivity (Wildman–Crippen MR) is 86.7 cm³/mol. The number of rotatable bonds is 5. The Morgan fingerprint density at radius 1 is 1.38 bits per heavy atom. The predicted octanol–water partition coefficient (Wildman–Crippen LogP) is 3.71. The minimum absolute atomic E-state index is 0.274. The standard InChI is InChI=1S/C16H21N3OS/c1-11(2)9-21-10-15-18-16(20-19-15)13-7-12-5-3-4-6-14(12)17-8-13/h3-6,11,13,17H,7-10H2,1-2H3. The number of para-hydroxylation sites is 1. The van der Waals surface area contributed by atoms with E-state index in [9.17, 15) is 0 Å². The van der Waals surface area contributed by atoms with Crippen LogP contribution in [0.5, 0.6) is 0 Å². The summed E-state index contributed by atoms with van der Waals surface area (Å²) < 4.78 is 5.46. The van der Waals surface area contributed by atoms with Gasteiger partial charge in [0.05, 0.1) is 11.7 Å². The van der Waals surface area contributed by atoms with Crippen molar-refractivity contribution in [3.8, 4) is 0 Å². The molecular formula is C16H21N3OS. The van der Waals surface area contributed by atoms with Crippen molar-refractivity contribution in [2.75, 3.05) is 17.6 Å². The van der Waals surface area contributed by atoms with Crippen molar-refractivity contribution < 1.29 is 4.52 Å². The summed E-state index contributed by atoms with van der Waals surface area (Å²) in [5.74, 6) is 4.50. The number of benzene rings is 1. The first-order valence-corrected chi connectivity index (χ1v) is 8.60. The topological polar surface area (TPSA) is 51.0 Å². The quantitative estimate of drug-likeness (QED) is 0.912. The summed E-state index contributed by atoms with van der Waals surface area (Å²) in [5.41, 5.74) is 2.55. The molecule has 0 fully saturated rings. The van der Waals surface area contributed by atoms with Gasteiger partial charge in [-0.25, -0.2) is 0 Å². The van der Waals surface area contributed by atoms with E-state index in [1.807, 2.05) is 11.8 Å². The second-order valence-corrected chi connectivity index (χ2v) is 6.93. The van der Waals surface area contributed by atoms with Crippen LogP contribution in [0, 0.1) is 5.92 Å². The maximum atomic E-state index is 5.46. The summed E-state index contributed by atoms with van der Waals surface area (Å²) in [6.07, 6.45) is 0.962. The molecule has 21 heavy (non-hydrogen) atoms. The van der Waals surface area contributed by atoms with Gasteiger partial charge in [-0.05, 0) is 29.7 Å². The van der Waals surface area contributed by atoms with Crippen LogP contribution in [0.4, 0.5) is 5.69 Å². The Morgan fingerprint density at radius 2 is 2.24 bits per heavy atom. The molecular weight excluding hydrogens is 282 g/mol. The SMILES string of the molecule is CC(C)CSCc1noc(C2CNc3ccccc3C2)n1. The van der Waals surface area contributed by atoms with Gasteiger partial charge in [0.1, 0.15) is 0 Å². The molecule has 0 aliphatic carbocycles. The smallest absolute Gasteiger partial charge is 0.231 e. The van der Waals surface area contributed by atoms with Crippen molar-refractivity contribution >= 4 is 17.4 Å². The summed E-state index contributed by atoms with van der Waals surface area (Å²) in [6, 6.07) is 8.41. The maximum absolute atomic E-state index is 5.46. The normalized spacial score (nSPS) is 17.6. The van der Waals surface area contributed by atoms with Gasteiger partial charge >= 0.3 is 0 Å². The molecule has 0 bridgehead atoms. The average Bonchev–Trinajstić information content (AvgIpc) is 2.95. The summed E-state index contributed by atoms with van der Waals surface area (Å²) in [6.45, 7) is 5.30. The Kier molecular flexibility index (Phi) is 4.48. The highest BCUT2D eigenvalue weighted by Crippen LogP contribution is 2.29. The van der Waals surface area contributed by atoms with Crippen LogP contribution in [0.1, 0.15) is 37.0 Å². The minimum atomic E-state index is 0.274. The number of aromatic nitrogens is 2.